The summed E-state index contributed by atoms with van der Waals surface area (Å²) in [6.45, 7) is 1.91. The number of benzene rings is 2. The fraction of sp³-hybridized carbons (Fsp3) is 0.150. The standard InChI is InChI=1S/C20H13F4N3/c1-2-3-11-4-17(23)19(18(24)5-11)13-9-26-20(27-10-13)12-6-15(21)14(8-25)16(22)7-12/h4-7,9-10H,2-3H2,1H3. The van der Waals surface area contributed by atoms with Crippen LogP contribution in [0.3, 0.4) is 0 Å². The van der Waals surface area contributed by atoms with Crippen LogP contribution >= 0.6 is 0 Å². The quantitative estimate of drug-likeness (QED) is 0.593. The van der Waals surface area contributed by atoms with Crippen LogP contribution in [0.15, 0.2) is 36.7 Å². The van der Waals surface area contributed by atoms with E-state index in [2.05, 4.69) is 9.97 Å². The Balaban J connectivity index is 1.99. The van der Waals surface area contributed by atoms with Crippen molar-refractivity contribution in [1.82, 2.24) is 9.97 Å². The normalized spacial score (nSPS) is 10.7. The molecule has 3 nitrogen and oxygen atoms in total. The zero-order chi connectivity index (χ0) is 19.6. The third kappa shape index (κ3) is 3.65. The zero-order valence-electron chi connectivity index (χ0n) is 14.2. The SMILES string of the molecule is CCCc1cc(F)c(-c2cnc(-c3cc(F)c(C#N)c(F)c3)nc2)c(F)c1. The number of hydrogen-bond acceptors (Lipinski definition) is 3. The van der Waals surface area contributed by atoms with Crippen LogP contribution in [-0.2, 0) is 6.42 Å². The van der Waals surface area contributed by atoms with Crippen LogP contribution in [0.2, 0.25) is 0 Å². The predicted molar refractivity (Wildman–Crippen MR) is 91.4 cm³/mol. The maximum absolute atomic E-state index is 14.3. The van der Waals surface area contributed by atoms with Gasteiger partial charge in [-0.3, -0.25) is 0 Å². The Morgan fingerprint density at radius 1 is 0.852 bits per heavy atom. The summed E-state index contributed by atoms with van der Waals surface area (Å²) in [5.74, 6) is -3.58. The van der Waals surface area contributed by atoms with E-state index in [-0.39, 0.29) is 22.5 Å². The molecule has 2 aromatic carbocycles. The zero-order valence-corrected chi connectivity index (χ0v) is 14.2. The van der Waals surface area contributed by atoms with E-state index < -0.39 is 28.8 Å². The number of nitriles is 1. The van der Waals surface area contributed by atoms with Crippen molar-refractivity contribution in [3.8, 4) is 28.6 Å². The first-order valence-electron chi connectivity index (χ1n) is 8.14. The molecular weight excluding hydrogens is 358 g/mol. The van der Waals surface area contributed by atoms with Crippen molar-refractivity contribution in [2.75, 3.05) is 0 Å². The molecule has 0 saturated heterocycles. The van der Waals surface area contributed by atoms with E-state index in [1.54, 1.807) is 0 Å². The molecule has 1 heterocycles. The Labute approximate surface area is 152 Å². The summed E-state index contributed by atoms with van der Waals surface area (Å²) in [5, 5.41) is 8.70. The Hall–Kier alpha value is -3.27. The van der Waals surface area contributed by atoms with Crippen LogP contribution in [0, 0.1) is 34.6 Å². The molecule has 27 heavy (non-hydrogen) atoms. The van der Waals surface area contributed by atoms with Gasteiger partial charge in [0.25, 0.3) is 0 Å². The number of halogens is 4. The molecule has 0 radical (unpaired) electrons. The molecule has 0 bridgehead atoms. The first-order valence-corrected chi connectivity index (χ1v) is 8.14. The predicted octanol–water partition coefficient (Wildman–Crippen LogP) is 5.19. The fourth-order valence-corrected chi connectivity index (χ4v) is 2.75. The van der Waals surface area contributed by atoms with Gasteiger partial charge in [0.2, 0.25) is 0 Å². The minimum absolute atomic E-state index is 0.00906. The fourth-order valence-electron chi connectivity index (χ4n) is 2.75. The van der Waals surface area contributed by atoms with Gasteiger partial charge in [-0.1, -0.05) is 13.3 Å². The Morgan fingerprint density at radius 3 is 1.89 bits per heavy atom. The largest absolute Gasteiger partial charge is 0.236 e. The number of aryl methyl sites for hydroxylation is 1. The minimum atomic E-state index is -1.04. The van der Waals surface area contributed by atoms with Crippen molar-refractivity contribution in [2.24, 2.45) is 0 Å². The van der Waals surface area contributed by atoms with Gasteiger partial charge < -0.3 is 0 Å². The average molecular weight is 371 g/mol. The third-order valence-corrected chi connectivity index (χ3v) is 3.99. The highest BCUT2D eigenvalue weighted by Crippen LogP contribution is 2.28. The van der Waals surface area contributed by atoms with Crippen LogP contribution in [0.4, 0.5) is 17.6 Å². The second-order valence-electron chi connectivity index (χ2n) is 5.91. The first kappa shape index (κ1) is 18.5. The maximum atomic E-state index is 14.3. The highest BCUT2D eigenvalue weighted by Gasteiger charge is 2.16. The lowest BCUT2D eigenvalue weighted by atomic mass is 10.0. The van der Waals surface area contributed by atoms with E-state index in [9.17, 15) is 17.6 Å². The molecule has 0 spiro atoms. The van der Waals surface area contributed by atoms with Crippen LogP contribution in [0.1, 0.15) is 24.5 Å². The molecule has 0 aliphatic heterocycles. The molecule has 3 rings (SSSR count). The van der Waals surface area contributed by atoms with Crippen LogP contribution < -0.4 is 0 Å². The van der Waals surface area contributed by atoms with Crippen molar-refractivity contribution in [3.05, 3.63) is 71.1 Å². The summed E-state index contributed by atoms with van der Waals surface area (Å²) in [6.07, 6.45) is 3.67. The second kappa shape index (κ2) is 7.54. The summed E-state index contributed by atoms with van der Waals surface area (Å²) >= 11 is 0. The van der Waals surface area contributed by atoms with E-state index in [0.717, 1.165) is 18.6 Å². The molecule has 0 saturated carbocycles. The van der Waals surface area contributed by atoms with Crippen molar-refractivity contribution in [1.29, 1.82) is 5.26 Å². The highest BCUT2D eigenvalue weighted by atomic mass is 19.1. The molecule has 7 heteroatoms. The van der Waals surface area contributed by atoms with Gasteiger partial charge in [0.05, 0.1) is 5.56 Å². The summed E-state index contributed by atoms with van der Waals surface area (Å²) in [6, 6.07) is 5.81. The molecule has 0 aliphatic carbocycles. The lowest BCUT2D eigenvalue weighted by Crippen LogP contribution is -1.98. The smallest absolute Gasteiger partial charge is 0.159 e. The van der Waals surface area contributed by atoms with Gasteiger partial charge in [0, 0.05) is 23.5 Å². The minimum Gasteiger partial charge on any atom is -0.236 e. The Bertz CT molecular complexity index is 994. The molecule has 136 valence electrons. The summed E-state index contributed by atoms with van der Waals surface area (Å²) in [4.78, 5) is 7.89. The monoisotopic (exact) mass is 371 g/mol. The lowest BCUT2D eigenvalue weighted by Gasteiger charge is -2.08. The van der Waals surface area contributed by atoms with Crippen molar-refractivity contribution < 1.29 is 17.6 Å². The van der Waals surface area contributed by atoms with Crippen LogP contribution in [-0.4, -0.2) is 9.97 Å². The summed E-state index contributed by atoms with van der Waals surface area (Å²) in [7, 11) is 0. The van der Waals surface area contributed by atoms with Gasteiger partial charge in [0.15, 0.2) is 5.82 Å². The molecule has 3 aromatic rings. The maximum Gasteiger partial charge on any atom is 0.159 e. The van der Waals surface area contributed by atoms with Crippen molar-refractivity contribution in [3.63, 3.8) is 0 Å². The van der Waals surface area contributed by atoms with Gasteiger partial charge in [-0.2, -0.15) is 5.26 Å². The van der Waals surface area contributed by atoms with Crippen molar-refractivity contribution in [2.45, 2.75) is 19.8 Å². The van der Waals surface area contributed by atoms with Gasteiger partial charge in [-0.25, -0.2) is 27.5 Å². The molecule has 0 N–H and O–H groups in total. The molecular formula is C20H13F4N3. The highest BCUT2D eigenvalue weighted by molar-refractivity contribution is 5.65. The number of hydrogen-bond donors (Lipinski definition) is 0. The van der Waals surface area contributed by atoms with E-state index in [0.29, 0.717) is 12.0 Å². The molecule has 0 amide bonds. The van der Waals surface area contributed by atoms with Crippen LogP contribution in [0.25, 0.3) is 22.5 Å². The van der Waals surface area contributed by atoms with Crippen molar-refractivity contribution >= 4 is 0 Å². The Kier molecular flexibility index (Phi) is 5.17. The molecule has 0 aliphatic rings. The average Bonchev–Trinajstić information content (AvgIpc) is 2.62. The number of nitrogens with zero attached hydrogens (tertiary/aromatic N) is 3. The van der Waals surface area contributed by atoms with Gasteiger partial charge in [-0.05, 0) is 36.2 Å². The first-order chi connectivity index (χ1) is 12.9. The summed E-state index contributed by atoms with van der Waals surface area (Å²) in [5.41, 5.74) is -0.302. The van der Waals surface area contributed by atoms with E-state index in [1.165, 1.54) is 30.6 Å². The molecule has 1 aromatic heterocycles. The number of rotatable bonds is 4. The van der Waals surface area contributed by atoms with E-state index >= 15 is 0 Å². The van der Waals surface area contributed by atoms with E-state index in [4.69, 9.17) is 5.26 Å². The third-order valence-electron chi connectivity index (χ3n) is 3.99. The lowest BCUT2D eigenvalue weighted by molar-refractivity contribution is 0.577. The molecule has 0 fully saturated rings. The van der Waals surface area contributed by atoms with Crippen LogP contribution in [0.5, 0.6) is 0 Å². The van der Waals surface area contributed by atoms with E-state index in [1.807, 2.05) is 6.92 Å². The van der Waals surface area contributed by atoms with Gasteiger partial charge in [-0.15, -0.1) is 0 Å². The molecule has 0 unspecified atom stereocenters. The number of aromatic nitrogens is 2. The summed E-state index contributed by atoms with van der Waals surface area (Å²) < 4.78 is 56.1. The second-order valence-corrected chi connectivity index (χ2v) is 5.91. The van der Waals surface area contributed by atoms with Gasteiger partial charge in [0.1, 0.15) is 34.9 Å². The Morgan fingerprint density at radius 2 is 1.41 bits per heavy atom. The van der Waals surface area contributed by atoms with Gasteiger partial charge >= 0.3 is 0 Å². The molecule has 0 atom stereocenters. The topological polar surface area (TPSA) is 49.6 Å².